The highest BCUT2D eigenvalue weighted by Crippen LogP contribution is 2.07. The monoisotopic (exact) mass is 170 g/mol. The molecule has 1 heterocycles. The lowest BCUT2D eigenvalue weighted by atomic mass is 10.3. The topological polar surface area (TPSA) is 69.1 Å². The number of hydrogen-bond donors (Lipinski definition) is 1. The van der Waals surface area contributed by atoms with Gasteiger partial charge in [0.15, 0.2) is 17.9 Å². The Labute approximate surface area is 71.8 Å². The summed E-state index contributed by atoms with van der Waals surface area (Å²) < 4.78 is 4.98. The van der Waals surface area contributed by atoms with Gasteiger partial charge in [-0.15, -0.1) is 0 Å². The van der Waals surface area contributed by atoms with E-state index in [9.17, 15) is 4.79 Å². The molecule has 0 spiro atoms. The van der Waals surface area contributed by atoms with E-state index >= 15 is 0 Å². The van der Waals surface area contributed by atoms with Gasteiger partial charge in [-0.1, -0.05) is 6.92 Å². The molecule has 4 heteroatoms. The minimum Gasteiger partial charge on any atom is -0.438 e. The number of oxazole rings is 1. The summed E-state index contributed by atoms with van der Waals surface area (Å²) in [7, 11) is 1.50. The van der Waals surface area contributed by atoms with E-state index in [4.69, 9.17) is 4.42 Å². The van der Waals surface area contributed by atoms with Crippen molar-refractivity contribution in [1.29, 1.82) is 0 Å². The number of aryl methyl sites for hydroxylation is 2. The maximum absolute atomic E-state index is 10.3. The Morgan fingerprint density at radius 3 is 2.50 bits per heavy atom. The fourth-order valence-corrected chi connectivity index (χ4v) is 0.831. The van der Waals surface area contributed by atoms with Crippen LogP contribution in [0, 0.1) is 6.92 Å². The molecule has 0 aromatic carbocycles. The van der Waals surface area contributed by atoms with Crippen LogP contribution in [0.25, 0.3) is 0 Å². The molecule has 0 radical (unpaired) electrons. The molecule has 0 aliphatic carbocycles. The number of hydrogen-bond acceptors (Lipinski definition) is 4. The number of carbonyl (C=O) groups is 1. The largest absolute Gasteiger partial charge is 0.438 e. The third-order valence-corrected chi connectivity index (χ3v) is 1.28. The Kier molecular flexibility index (Phi) is 4.96. The maximum Gasteiger partial charge on any atom is 0.192 e. The number of nitrogens with two attached hydrogens (primary N) is 1. The number of aldehydes is 1. The van der Waals surface area contributed by atoms with E-state index in [0.717, 1.165) is 12.1 Å². The third kappa shape index (κ3) is 2.47. The second kappa shape index (κ2) is 5.49. The molecule has 68 valence electrons. The summed E-state index contributed by atoms with van der Waals surface area (Å²) in [5.41, 5.74) is 5.24. The molecule has 0 fully saturated rings. The molecule has 0 unspecified atom stereocenters. The van der Waals surface area contributed by atoms with E-state index in [-0.39, 0.29) is 0 Å². The first-order valence-electron chi connectivity index (χ1n) is 3.77. The second-order valence-electron chi connectivity index (χ2n) is 2.02. The summed E-state index contributed by atoms with van der Waals surface area (Å²) in [6.07, 6.45) is 1.43. The average Bonchev–Trinajstić information content (AvgIpc) is 2.49. The Hall–Kier alpha value is -1.16. The SMILES string of the molecule is CCc1nc(C)oc1C=O.CN. The standard InChI is InChI=1S/C7H9NO2.CH5N/c1-3-6-7(4-9)10-5(2)8-6;1-2/h4H,3H2,1-2H3;2H2,1H3. The molecular weight excluding hydrogens is 156 g/mol. The van der Waals surface area contributed by atoms with E-state index in [2.05, 4.69) is 10.7 Å². The van der Waals surface area contributed by atoms with Crippen molar-refractivity contribution in [2.24, 2.45) is 5.73 Å². The van der Waals surface area contributed by atoms with Crippen LogP contribution in [0.2, 0.25) is 0 Å². The van der Waals surface area contributed by atoms with E-state index in [0.29, 0.717) is 17.9 Å². The van der Waals surface area contributed by atoms with Gasteiger partial charge in [-0.2, -0.15) is 0 Å². The van der Waals surface area contributed by atoms with Crippen molar-refractivity contribution in [2.45, 2.75) is 20.3 Å². The van der Waals surface area contributed by atoms with E-state index in [1.54, 1.807) is 6.92 Å². The zero-order valence-corrected chi connectivity index (χ0v) is 7.63. The molecule has 0 bridgehead atoms. The smallest absolute Gasteiger partial charge is 0.192 e. The molecule has 0 atom stereocenters. The van der Waals surface area contributed by atoms with Crippen molar-refractivity contribution in [3.63, 3.8) is 0 Å². The predicted octanol–water partition coefficient (Wildman–Crippen LogP) is 0.933. The van der Waals surface area contributed by atoms with Crippen LogP contribution in [0.15, 0.2) is 4.42 Å². The Morgan fingerprint density at radius 2 is 2.17 bits per heavy atom. The zero-order chi connectivity index (χ0) is 9.56. The summed E-state index contributed by atoms with van der Waals surface area (Å²) in [5.74, 6) is 0.916. The lowest BCUT2D eigenvalue weighted by molar-refractivity contribution is 0.109. The van der Waals surface area contributed by atoms with Crippen molar-refractivity contribution >= 4 is 6.29 Å². The molecule has 0 aliphatic rings. The molecule has 0 aliphatic heterocycles. The zero-order valence-electron chi connectivity index (χ0n) is 7.63. The first-order chi connectivity index (χ1) is 5.77. The van der Waals surface area contributed by atoms with Gasteiger partial charge in [0.1, 0.15) is 0 Å². The Morgan fingerprint density at radius 1 is 1.58 bits per heavy atom. The number of nitrogens with zero attached hydrogens (tertiary/aromatic N) is 1. The Bertz CT molecular complexity index is 243. The molecule has 2 N–H and O–H groups in total. The summed E-state index contributed by atoms with van der Waals surface area (Å²) in [6, 6.07) is 0. The number of carbonyl (C=O) groups excluding carboxylic acids is 1. The molecule has 1 aromatic heterocycles. The Balaban J connectivity index is 0.000000561. The van der Waals surface area contributed by atoms with E-state index in [1.807, 2.05) is 6.92 Å². The third-order valence-electron chi connectivity index (χ3n) is 1.28. The van der Waals surface area contributed by atoms with Crippen molar-refractivity contribution in [3.05, 3.63) is 17.3 Å². The van der Waals surface area contributed by atoms with Gasteiger partial charge in [-0.25, -0.2) is 4.98 Å². The molecule has 0 saturated carbocycles. The molecule has 4 nitrogen and oxygen atoms in total. The molecule has 0 amide bonds. The van der Waals surface area contributed by atoms with Crippen LogP contribution < -0.4 is 5.73 Å². The lowest BCUT2D eigenvalue weighted by Gasteiger charge is -1.83. The highest BCUT2D eigenvalue weighted by atomic mass is 16.4. The van der Waals surface area contributed by atoms with Crippen LogP contribution in [0.4, 0.5) is 0 Å². The van der Waals surface area contributed by atoms with Gasteiger partial charge in [-0.3, -0.25) is 4.79 Å². The summed E-state index contributed by atoms with van der Waals surface area (Å²) in [4.78, 5) is 14.3. The van der Waals surface area contributed by atoms with Gasteiger partial charge in [0.25, 0.3) is 0 Å². The maximum atomic E-state index is 10.3. The summed E-state index contributed by atoms with van der Waals surface area (Å²) in [6.45, 7) is 3.66. The van der Waals surface area contributed by atoms with Crippen molar-refractivity contribution in [3.8, 4) is 0 Å². The van der Waals surface area contributed by atoms with Crippen LogP contribution in [0.1, 0.15) is 29.1 Å². The predicted molar refractivity (Wildman–Crippen MR) is 46.1 cm³/mol. The number of aromatic nitrogens is 1. The first-order valence-corrected chi connectivity index (χ1v) is 3.77. The van der Waals surface area contributed by atoms with Gasteiger partial charge in [-0.05, 0) is 13.5 Å². The minimum absolute atomic E-state index is 0.361. The second-order valence-corrected chi connectivity index (χ2v) is 2.02. The minimum atomic E-state index is 0.361. The normalized spacial score (nSPS) is 8.67. The van der Waals surface area contributed by atoms with Crippen LogP contribution in [-0.2, 0) is 6.42 Å². The van der Waals surface area contributed by atoms with Gasteiger partial charge in [0.05, 0.1) is 5.69 Å². The van der Waals surface area contributed by atoms with Gasteiger partial charge in [0, 0.05) is 6.92 Å². The summed E-state index contributed by atoms with van der Waals surface area (Å²) >= 11 is 0. The molecule has 0 saturated heterocycles. The van der Waals surface area contributed by atoms with Gasteiger partial charge in [0.2, 0.25) is 0 Å². The highest BCUT2D eigenvalue weighted by molar-refractivity contribution is 5.72. The van der Waals surface area contributed by atoms with Crippen molar-refractivity contribution in [1.82, 2.24) is 4.98 Å². The molecule has 1 rings (SSSR count). The molecular formula is C8H14N2O2. The van der Waals surface area contributed by atoms with Gasteiger partial charge >= 0.3 is 0 Å². The molecule has 12 heavy (non-hydrogen) atoms. The van der Waals surface area contributed by atoms with Crippen molar-refractivity contribution in [2.75, 3.05) is 7.05 Å². The van der Waals surface area contributed by atoms with Crippen LogP contribution in [0.5, 0.6) is 0 Å². The lowest BCUT2D eigenvalue weighted by Crippen LogP contribution is -1.85. The quantitative estimate of drug-likeness (QED) is 0.670. The molecule has 1 aromatic rings. The van der Waals surface area contributed by atoms with Crippen molar-refractivity contribution < 1.29 is 9.21 Å². The first kappa shape index (κ1) is 10.8. The highest BCUT2D eigenvalue weighted by Gasteiger charge is 2.06. The average molecular weight is 170 g/mol. The van der Waals surface area contributed by atoms with Crippen LogP contribution in [0.3, 0.4) is 0 Å². The fourth-order valence-electron chi connectivity index (χ4n) is 0.831. The number of rotatable bonds is 2. The van der Waals surface area contributed by atoms with E-state index < -0.39 is 0 Å². The van der Waals surface area contributed by atoms with Gasteiger partial charge < -0.3 is 10.2 Å². The summed E-state index contributed by atoms with van der Waals surface area (Å²) in [5, 5.41) is 0. The van der Waals surface area contributed by atoms with E-state index in [1.165, 1.54) is 7.05 Å². The fraction of sp³-hybridized carbons (Fsp3) is 0.500. The van der Waals surface area contributed by atoms with Crippen LogP contribution >= 0.6 is 0 Å². The van der Waals surface area contributed by atoms with Crippen LogP contribution in [-0.4, -0.2) is 18.3 Å².